The number of carbonyl (C=O) groups is 2. The standard InChI is InChI=1S/C30H33FN4O3/c1-38-28-12-6-5-11-27(28)34-19-17-33(18-20-34)26-14-13-22(32-29(36)23-9-3-4-10-25(23)31)21-24(26)30(37)35-15-7-2-8-16-35/h3-6,9-14,21H,2,7-8,15-20H2,1H3,(H,32,36). The summed E-state index contributed by atoms with van der Waals surface area (Å²) in [6.45, 7) is 4.49. The zero-order chi connectivity index (χ0) is 26.5. The molecule has 3 aromatic rings. The number of amides is 2. The average Bonchev–Trinajstić information content (AvgIpc) is 2.97. The number of piperidine rings is 1. The molecule has 2 fully saturated rings. The lowest BCUT2D eigenvalue weighted by Gasteiger charge is -2.39. The summed E-state index contributed by atoms with van der Waals surface area (Å²) in [5, 5.41) is 2.78. The summed E-state index contributed by atoms with van der Waals surface area (Å²) in [5.74, 6) is -0.317. The Morgan fingerprint density at radius 2 is 1.42 bits per heavy atom. The molecule has 198 valence electrons. The molecule has 0 saturated carbocycles. The first-order valence-electron chi connectivity index (χ1n) is 13.2. The smallest absolute Gasteiger partial charge is 0.258 e. The summed E-state index contributed by atoms with van der Waals surface area (Å²) in [6.07, 6.45) is 3.10. The van der Waals surface area contributed by atoms with E-state index >= 15 is 0 Å². The van der Waals surface area contributed by atoms with E-state index in [0.717, 1.165) is 75.7 Å². The van der Waals surface area contributed by atoms with Crippen LogP contribution in [0.4, 0.5) is 21.5 Å². The van der Waals surface area contributed by atoms with Crippen molar-refractivity contribution in [3.63, 3.8) is 0 Å². The summed E-state index contributed by atoms with van der Waals surface area (Å²) in [7, 11) is 1.68. The number of rotatable bonds is 6. The molecule has 0 aliphatic carbocycles. The molecule has 0 atom stereocenters. The van der Waals surface area contributed by atoms with Gasteiger partial charge < -0.3 is 24.8 Å². The molecule has 3 aromatic carbocycles. The van der Waals surface area contributed by atoms with Crippen molar-refractivity contribution in [3.8, 4) is 5.75 Å². The Hall–Kier alpha value is -4.07. The van der Waals surface area contributed by atoms with Gasteiger partial charge in [-0.1, -0.05) is 24.3 Å². The second kappa shape index (κ2) is 11.5. The van der Waals surface area contributed by atoms with Gasteiger partial charge >= 0.3 is 0 Å². The summed E-state index contributed by atoms with van der Waals surface area (Å²) in [5.41, 5.74) is 2.90. The van der Waals surface area contributed by atoms with Gasteiger partial charge in [0, 0.05) is 50.6 Å². The number of ether oxygens (including phenoxy) is 1. The summed E-state index contributed by atoms with van der Waals surface area (Å²) < 4.78 is 19.7. The minimum Gasteiger partial charge on any atom is -0.495 e. The first kappa shape index (κ1) is 25.6. The fourth-order valence-electron chi connectivity index (χ4n) is 5.25. The van der Waals surface area contributed by atoms with Crippen LogP contribution in [0.2, 0.25) is 0 Å². The molecule has 0 radical (unpaired) electrons. The number of likely N-dealkylation sites (tertiary alicyclic amines) is 1. The number of nitrogens with one attached hydrogen (secondary N) is 1. The number of hydrogen-bond acceptors (Lipinski definition) is 5. The molecule has 2 heterocycles. The number of hydrogen-bond donors (Lipinski definition) is 1. The van der Waals surface area contributed by atoms with Crippen molar-refractivity contribution in [2.45, 2.75) is 19.3 Å². The fourth-order valence-corrected chi connectivity index (χ4v) is 5.25. The van der Waals surface area contributed by atoms with Crippen LogP contribution in [0.15, 0.2) is 66.7 Å². The normalized spacial score (nSPS) is 15.8. The third kappa shape index (κ3) is 5.44. The maximum atomic E-state index is 14.2. The van der Waals surface area contributed by atoms with Crippen LogP contribution in [0.5, 0.6) is 5.75 Å². The molecule has 7 nitrogen and oxygen atoms in total. The van der Waals surface area contributed by atoms with Gasteiger partial charge in [-0.3, -0.25) is 9.59 Å². The SMILES string of the molecule is COc1ccccc1N1CCN(c2ccc(NC(=O)c3ccccc3F)cc2C(=O)N2CCCCC2)CC1. The number of methoxy groups -OCH3 is 1. The van der Waals surface area contributed by atoms with E-state index in [9.17, 15) is 14.0 Å². The molecule has 38 heavy (non-hydrogen) atoms. The Morgan fingerprint density at radius 1 is 0.763 bits per heavy atom. The van der Waals surface area contributed by atoms with E-state index in [1.165, 1.54) is 12.1 Å². The van der Waals surface area contributed by atoms with Gasteiger partial charge in [0.25, 0.3) is 11.8 Å². The molecule has 2 amide bonds. The number of halogens is 1. The van der Waals surface area contributed by atoms with Crippen molar-refractivity contribution >= 4 is 28.9 Å². The molecular formula is C30H33FN4O3. The molecule has 2 aliphatic rings. The zero-order valence-corrected chi connectivity index (χ0v) is 21.7. The van der Waals surface area contributed by atoms with Crippen LogP contribution >= 0.6 is 0 Å². The molecule has 5 rings (SSSR count). The highest BCUT2D eigenvalue weighted by Gasteiger charge is 2.27. The van der Waals surface area contributed by atoms with Gasteiger partial charge in [-0.25, -0.2) is 4.39 Å². The monoisotopic (exact) mass is 516 g/mol. The molecule has 0 unspecified atom stereocenters. The molecule has 8 heteroatoms. The average molecular weight is 517 g/mol. The number of anilines is 3. The van der Waals surface area contributed by atoms with Crippen molar-refractivity contribution in [3.05, 3.63) is 83.7 Å². The lowest BCUT2D eigenvalue weighted by Crippen LogP contribution is -2.47. The highest BCUT2D eigenvalue weighted by Crippen LogP contribution is 2.32. The second-order valence-corrected chi connectivity index (χ2v) is 9.66. The van der Waals surface area contributed by atoms with Gasteiger partial charge in [-0.15, -0.1) is 0 Å². The van der Waals surface area contributed by atoms with Crippen molar-refractivity contribution < 1.29 is 18.7 Å². The van der Waals surface area contributed by atoms with Crippen LogP contribution in [0.25, 0.3) is 0 Å². The van der Waals surface area contributed by atoms with Crippen LogP contribution in [0.3, 0.4) is 0 Å². The van der Waals surface area contributed by atoms with Crippen LogP contribution < -0.4 is 19.9 Å². The maximum absolute atomic E-state index is 14.2. The minimum atomic E-state index is -0.584. The van der Waals surface area contributed by atoms with Gasteiger partial charge in [-0.05, 0) is 61.7 Å². The van der Waals surface area contributed by atoms with E-state index in [1.54, 1.807) is 31.4 Å². The first-order chi connectivity index (χ1) is 18.5. The van der Waals surface area contributed by atoms with Crippen LogP contribution in [0, 0.1) is 5.82 Å². The Labute approximate surface area is 222 Å². The summed E-state index contributed by atoms with van der Waals surface area (Å²) >= 11 is 0. The quantitative estimate of drug-likeness (QED) is 0.497. The maximum Gasteiger partial charge on any atom is 0.258 e. The lowest BCUT2D eigenvalue weighted by molar-refractivity contribution is 0.0724. The van der Waals surface area contributed by atoms with E-state index in [4.69, 9.17) is 4.74 Å². The van der Waals surface area contributed by atoms with Crippen molar-refractivity contribution in [2.75, 3.05) is 61.5 Å². The zero-order valence-electron chi connectivity index (χ0n) is 21.7. The van der Waals surface area contributed by atoms with Gasteiger partial charge in [0.1, 0.15) is 11.6 Å². The predicted molar refractivity (Wildman–Crippen MR) is 148 cm³/mol. The largest absolute Gasteiger partial charge is 0.495 e. The fraction of sp³-hybridized carbons (Fsp3) is 0.333. The van der Waals surface area contributed by atoms with E-state index in [1.807, 2.05) is 29.2 Å². The third-order valence-electron chi connectivity index (χ3n) is 7.29. The number of nitrogens with zero attached hydrogens (tertiary/aromatic N) is 3. The van der Waals surface area contributed by atoms with E-state index < -0.39 is 11.7 Å². The third-order valence-corrected chi connectivity index (χ3v) is 7.29. The molecule has 1 N–H and O–H groups in total. The Morgan fingerprint density at radius 3 is 2.13 bits per heavy atom. The number of carbonyl (C=O) groups excluding carboxylic acids is 2. The van der Waals surface area contributed by atoms with Crippen molar-refractivity contribution in [1.29, 1.82) is 0 Å². The molecule has 0 aromatic heterocycles. The van der Waals surface area contributed by atoms with Gasteiger partial charge in [0.2, 0.25) is 0 Å². The van der Waals surface area contributed by atoms with Gasteiger partial charge in [0.15, 0.2) is 0 Å². The minimum absolute atomic E-state index is 0.0335. The predicted octanol–water partition coefficient (Wildman–Crippen LogP) is 5.04. The van der Waals surface area contributed by atoms with Crippen molar-refractivity contribution in [1.82, 2.24) is 4.90 Å². The molecule has 2 aliphatic heterocycles. The molecule has 0 bridgehead atoms. The topological polar surface area (TPSA) is 65.1 Å². The number of piperazine rings is 1. The highest BCUT2D eigenvalue weighted by molar-refractivity contribution is 6.06. The second-order valence-electron chi connectivity index (χ2n) is 9.66. The molecule has 2 saturated heterocycles. The summed E-state index contributed by atoms with van der Waals surface area (Å²) in [6, 6.07) is 19.3. The van der Waals surface area contributed by atoms with Crippen LogP contribution in [-0.4, -0.2) is 63.1 Å². The Bertz CT molecular complexity index is 1300. The van der Waals surface area contributed by atoms with Crippen LogP contribution in [0.1, 0.15) is 40.0 Å². The lowest BCUT2D eigenvalue weighted by atomic mass is 10.0. The Balaban J connectivity index is 1.39. The van der Waals surface area contributed by atoms with E-state index in [-0.39, 0.29) is 11.5 Å². The summed E-state index contributed by atoms with van der Waals surface area (Å²) in [4.78, 5) is 32.9. The highest BCUT2D eigenvalue weighted by atomic mass is 19.1. The van der Waals surface area contributed by atoms with Crippen molar-refractivity contribution in [2.24, 2.45) is 0 Å². The van der Waals surface area contributed by atoms with E-state index in [2.05, 4.69) is 21.2 Å². The van der Waals surface area contributed by atoms with Gasteiger partial charge in [0.05, 0.1) is 23.9 Å². The van der Waals surface area contributed by atoms with E-state index in [0.29, 0.717) is 11.3 Å². The number of benzene rings is 3. The number of para-hydroxylation sites is 2. The van der Waals surface area contributed by atoms with Crippen LogP contribution in [-0.2, 0) is 0 Å². The molecular weight excluding hydrogens is 483 g/mol. The Kier molecular flexibility index (Phi) is 7.77. The first-order valence-corrected chi connectivity index (χ1v) is 13.2. The molecule has 0 spiro atoms. The van der Waals surface area contributed by atoms with Gasteiger partial charge in [-0.2, -0.15) is 0 Å².